The lowest BCUT2D eigenvalue weighted by Crippen LogP contribution is -2.24. The van der Waals surface area contributed by atoms with Gasteiger partial charge in [-0.3, -0.25) is 9.58 Å². The number of fused-ring (bicyclic) bond motifs is 1. The van der Waals surface area contributed by atoms with Crippen LogP contribution in [0.2, 0.25) is 0 Å². The highest BCUT2D eigenvalue weighted by Gasteiger charge is 2.29. The Morgan fingerprint density at radius 2 is 2.10 bits per heavy atom. The third-order valence-electron chi connectivity index (χ3n) is 3.65. The first-order chi connectivity index (χ1) is 10.1. The van der Waals surface area contributed by atoms with Crippen LogP contribution in [-0.2, 0) is 19.6 Å². The van der Waals surface area contributed by atoms with Gasteiger partial charge in [0.15, 0.2) is 5.82 Å². The molecule has 0 aliphatic carbocycles. The van der Waals surface area contributed by atoms with Crippen LogP contribution in [0.4, 0.5) is 10.6 Å². The smallest absolute Gasteiger partial charge is 0.407 e. The van der Waals surface area contributed by atoms with Gasteiger partial charge in [0.05, 0.1) is 32.4 Å². The molecule has 2 aromatic rings. The van der Waals surface area contributed by atoms with Gasteiger partial charge in [-0.2, -0.15) is 5.10 Å². The maximum absolute atomic E-state index is 11.1. The first-order valence-corrected chi connectivity index (χ1v) is 6.53. The number of hydrogen-bond acceptors (Lipinski definition) is 4. The SMILES string of the molecule is COc1ccc(Cn2nc(N)c3c2CN(C(=O)O)C3)cc1. The third kappa shape index (κ3) is 2.37. The molecular weight excluding hydrogens is 272 g/mol. The molecule has 1 aliphatic heterocycles. The Kier molecular flexibility index (Phi) is 3.17. The van der Waals surface area contributed by atoms with E-state index in [1.807, 2.05) is 24.3 Å². The van der Waals surface area contributed by atoms with E-state index in [0.29, 0.717) is 25.5 Å². The van der Waals surface area contributed by atoms with Crippen LogP contribution < -0.4 is 10.5 Å². The normalized spacial score (nSPS) is 13.3. The monoisotopic (exact) mass is 288 g/mol. The number of anilines is 1. The lowest BCUT2D eigenvalue weighted by molar-refractivity contribution is 0.144. The Bertz CT molecular complexity index is 678. The Labute approximate surface area is 121 Å². The zero-order valence-electron chi connectivity index (χ0n) is 11.6. The van der Waals surface area contributed by atoms with Crippen molar-refractivity contribution in [1.29, 1.82) is 0 Å². The highest BCUT2D eigenvalue weighted by atomic mass is 16.5. The number of aromatic nitrogens is 2. The van der Waals surface area contributed by atoms with Crippen molar-refractivity contribution in [2.45, 2.75) is 19.6 Å². The summed E-state index contributed by atoms with van der Waals surface area (Å²) in [6.07, 6.45) is -0.943. The average molecular weight is 288 g/mol. The lowest BCUT2D eigenvalue weighted by atomic mass is 10.2. The minimum atomic E-state index is -0.943. The number of benzene rings is 1. The van der Waals surface area contributed by atoms with Crippen molar-refractivity contribution < 1.29 is 14.6 Å². The molecule has 21 heavy (non-hydrogen) atoms. The summed E-state index contributed by atoms with van der Waals surface area (Å²) >= 11 is 0. The molecule has 1 aromatic heterocycles. The summed E-state index contributed by atoms with van der Waals surface area (Å²) < 4.78 is 6.90. The van der Waals surface area contributed by atoms with Crippen LogP contribution >= 0.6 is 0 Å². The molecule has 0 unspecified atom stereocenters. The van der Waals surface area contributed by atoms with Gasteiger partial charge in [0, 0.05) is 5.56 Å². The van der Waals surface area contributed by atoms with Crippen LogP contribution in [0.15, 0.2) is 24.3 Å². The van der Waals surface area contributed by atoms with Crippen molar-refractivity contribution in [2.75, 3.05) is 12.8 Å². The van der Waals surface area contributed by atoms with Crippen LogP contribution in [-0.4, -0.2) is 33.0 Å². The van der Waals surface area contributed by atoms with Crippen molar-refractivity contribution in [3.8, 4) is 5.75 Å². The van der Waals surface area contributed by atoms with Crippen LogP contribution in [0.5, 0.6) is 5.75 Å². The maximum atomic E-state index is 11.1. The predicted octanol–water partition coefficient (Wildman–Crippen LogP) is 1.52. The van der Waals surface area contributed by atoms with Crippen LogP contribution in [0.3, 0.4) is 0 Å². The number of ether oxygens (including phenoxy) is 1. The second-order valence-electron chi connectivity index (χ2n) is 4.95. The van der Waals surface area contributed by atoms with Gasteiger partial charge in [0.25, 0.3) is 0 Å². The first-order valence-electron chi connectivity index (χ1n) is 6.53. The Hall–Kier alpha value is -2.70. The molecule has 0 atom stereocenters. The fraction of sp³-hybridized carbons (Fsp3) is 0.286. The maximum Gasteiger partial charge on any atom is 0.407 e. The average Bonchev–Trinajstić information content (AvgIpc) is 3.02. The number of amides is 1. The molecule has 1 aliphatic rings. The summed E-state index contributed by atoms with van der Waals surface area (Å²) in [5.74, 6) is 1.20. The fourth-order valence-corrected chi connectivity index (χ4v) is 2.50. The minimum absolute atomic E-state index is 0.305. The molecule has 0 bridgehead atoms. The van der Waals surface area contributed by atoms with Crippen LogP contribution in [0.1, 0.15) is 16.8 Å². The van der Waals surface area contributed by atoms with Gasteiger partial charge in [-0.05, 0) is 17.7 Å². The van der Waals surface area contributed by atoms with E-state index in [2.05, 4.69) is 5.10 Å². The molecule has 1 aromatic carbocycles. The Balaban J connectivity index is 1.84. The summed E-state index contributed by atoms with van der Waals surface area (Å²) in [6, 6.07) is 7.66. The number of nitrogens with zero attached hydrogens (tertiary/aromatic N) is 3. The van der Waals surface area contributed by atoms with Crippen molar-refractivity contribution in [2.24, 2.45) is 0 Å². The Morgan fingerprint density at radius 3 is 2.71 bits per heavy atom. The largest absolute Gasteiger partial charge is 0.497 e. The molecule has 0 saturated carbocycles. The second-order valence-corrected chi connectivity index (χ2v) is 4.95. The number of carbonyl (C=O) groups is 1. The van der Waals surface area contributed by atoms with Gasteiger partial charge in [0.1, 0.15) is 5.75 Å². The van der Waals surface area contributed by atoms with Gasteiger partial charge in [-0.1, -0.05) is 12.1 Å². The summed E-state index contributed by atoms with van der Waals surface area (Å²) in [5, 5.41) is 13.4. The lowest BCUT2D eigenvalue weighted by Gasteiger charge is -2.12. The molecule has 0 spiro atoms. The highest BCUT2D eigenvalue weighted by Crippen LogP contribution is 2.28. The molecular formula is C14H16N4O3. The molecule has 3 N–H and O–H groups in total. The number of hydrogen-bond donors (Lipinski definition) is 2. The van der Waals surface area contributed by atoms with Crippen LogP contribution in [0.25, 0.3) is 0 Å². The van der Waals surface area contributed by atoms with E-state index < -0.39 is 6.09 Å². The summed E-state index contributed by atoms with van der Waals surface area (Å²) in [5.41, 5.74) is 8.61. The third-order valence-corrected chi connectivity index (χ3v) is 3.65. The van der Waals surface area contributed by atoms with E-state index in [-0.39, 0.29) is 0 Å². The molecule has 7 heteroatoms. The molecule has 110 valence electrons. The van der Waals surface area contributed by atoms with Crippen molar-refractivity contribution in [3.63, 3.8) is 0 Å². The zero-order chi connectivity index (χ0) is 15.0. The van der Waals surface area contributed by atoms with E-state index in [1.54, 1.807) is 11.8 Å². The summed E-state index contributed by atoms with van der Waals surface area (Å²) in [6.45, 7) is 1.18. The van der Waals surface area contributed by atoms with Gasteiger partial charge in [0.2, 0.25) is 0 Å². The topological polar surface area (TPSA) is 93.6 Å². The quantitative estimate of drug-likeness (QED) is 0.893. The Morgan fingerprint density at radius 1 is 1.38 bits per heavy atom. The number of nitrogens with two attached hydrogens (primary N) is 1. The highest BCUT2D eigenvalue weighted by molar-refractivity contribution is 5.67. The second kappa shape index (κ2) is 5.01. The molecule has 0 saturated heterocycles. The van der Waals surface area contributed by atoms with E-state index >= 15 is 0 Å². The minimum Gasteiger partial charge on any atom is -0.497 e. The van der Waals surface area contributed by atoms with Gasteiger partial charge >= 0.3 is 6.09 Å². The van der Waals surface area contributed by atoms with Crippen molar-refractivity contribution >= 4 is 11.9 Å². The fourth-order valence-electron chi connectivity index (χ4n) is 2.50. The van der Waals surface area contributed by atoms with E-state index in [4.69, 9.17) is 15.6 Å². The number of nitrogen functional groups attached to an aromatic ring is 1. The zero-order valence-corrected chi connectivity index (χ0v) is 11.6. The number of carboxylic acid groups (broad SMARTS) is 1. The molecule has 2 heterocycles. The number of methoxy groups -OCH3 is 1. The molecule has 3 rings (SSSR count). The number of rotatable bonds is 3. The van der Waals surface area contributed by atoms with Gasteiger partial charge in [-0.15, -0.1) is 0 Å². The van der Waals surface area contributed by atoms with Crippen molar-refractivity contribution in [1.82, 2.24) is 14.7 Å². The van der Waals surface area contributed by atoms with Gasteiger partial charge in [-0.25, -0.2) is 4.79 Å². The summed E-state index contributed by atoms with van der Waals surface area (Å²) in [4.78, 5) is 12.4. The summed E-state index contributed by atoms with van der Waals surface area (Å²) in [7, 11) is 1.62. The molecule has 0 fully saturated rings. The van der Waals surface area contributed by atoms with E-state index in [9.17, 15) is 4.79 Å². The van der Waals surface area contributed by atoms with Gasteiger partial charge < -0.3 is 15.6 Å². The van der Waals surface area contributed by atoms with Crippen molar-refractivity contribution in [3.05, 3.63) is 41.1 Å². The molecule has 0 radical (unpaired) electrons. The predicted molar refractivity (Wildman–Crippen MR) is 76.0 cm³/mol. The van der Waals surface area contributed by atoms with Crippen LogP contribution in [0, 0.1) is 0 Å². The first kappa shape index (κ1) is 13.3. The van der Waals surface area contributed by atoms with E-state index in [1.165, 1.54) is 4.90 Å². The van der Waals surface area contributed by atoms with E-state index in [0.717, 1.165) is 22.6 Å². The standard InChI is InChI=1S/C14H16N4O3/c1-21-10-4-2-9(3-5-10)6-18-12-8-17(14(19)20)7-11(12)13(15)16-18/h2-5H,6-8H2,1H3,(H2,15,16)(H,19,20). The molecule has 1 amide bonds. The molecule has 7 nitrogen and oxygen atoms in total.